The Morgan fingerprint density at radius 2 is 1.62 bits per heavy atom. The molecule has 0 aliphatic heterocycles. The molecule has 0 fully saturated rings. The minimum atomic E-state index is 0.627. The van der Waals surface area contributed by atoms with Gasteiger partial charge >= 0.3 is 0 Å². The largest absolute Gasteiger partial charge is 0.490 e. The summed E-state index contributed by atoms with van der Waals surface area (Å²) in [5, 5.41) is 3.39. The molecule has 0 spiro atoms. The summed E-state index contributed by atoms with van der Waals surface area (Å²) in [5.41, 5.74) is 1.26. The molecule has 0 aromatic heterocycles. The maximum absolute atomic E-state index is 5.90. The van der Waals surface area contributed by atoms with Gasteiger partial charge in [-0.2, -0.15) is 0 Å². The molecule has 112 valence electrons. The zero-order valence-corrected chi connectivity index (χ0v) is 12.8. The predicted molar refractivity (Wildman–Crippen MR) is 86.1 cm³/mol. The first-order valence-corrected chi connectivity index (χ1v) is 7.52. The zero-order valence-electron chi connectivity index (χ0n) is 12.8. The Bertz CT molecular complexity index is 537. The van der Waals surface area contributed by atoms with E-state index in [9.17, 15) is 0 Å². The Morgan fingerprint density at radius 3 is 2.29 bits per heavy atom. The van der Waals surface area contributed by atoms with E-state index in [0.29, 0.717) is 6.61 Å². The van der Waals surface area contributed by atoms with Crippen LogP contribution in [0.4, 0.5) is 0 Å². The standard InChI is InChI=1S/C18H23NO2/c1-3-13-19-14-15-9-11-16(12-10-15)21-18-8-6-5-7-17(18)20-4-2/h5-12,19H,3-4,13-14H2,1-2H3. The second-order valence-corrected chi connectivity index (χ2v) is 4.80. The van der Waals surface area contributed by atoms with Crippen molar-refractivity contribution < 1.29 is 9.47 Å². The average molecular weight is 285 g/mol. The Morgan fingerprint density at radius 1 is 0.905 bits per heavy atom. The molecule has 0 atom stereocenters. The lowest BCUT2D eigenvalue weighted by atomic mass is 10.2. The molecular weight excluding hydrogens is 262 g/mol. The number of nitrogens with one attached hydrogen (secondary N) is 1. The summed E-state index contributed by atoms with van der Waals surface area (Å²) in [7, 11) is 0. The van der Waals surface area contributed by atoms with E-state index in [4.69, 9.17) is 9.47 Å². The Hall–Kier alpha value is -2.00. The Kier molecular flexibility index (Phi) is 6.10. The van der Waals surface area contributed by atoms with Gasteiger partial charge in [0.1, 0.15) is 5.75 Å². The van der Waals surface area contributed by atoms with Crippen LogP contribution >= 0.6 is 0 Å². The van der Waals surface area contributed by atoms with Crippen LogP contribution in [0.1, 0.15) is 25.8 Å². The van der Waals surface area contributed by atoms with E-state index < -0.39 is 0 Å². The number of ether oxygens (including phenoxy) is 2. The molecule has 0 unspecified atom stereocenters. The molecular formula is C18H23NO2. The van der Waals surface area contributed by atoms with Crippen molar-refractivity contribution in [3.05, 3.63) is 54.1 Å². The van der Waals surface area contributed by atoms with Crippen LogP contribution in [0.2, 0.25) is 0 Å². The maximum Gasteiger partial charge on any atom is 0.169 e. The minimum absolute atomic E-state index is 0.627. The molecule has 0 heterocycles. The highest BCUT2D eigenvalue weighted by Crippen LogP contribution is 2.31. The first kappa shape index (κ1) is 15.4. The highest BCUT2D eigenvalue weighted by molar-refractivity contribution is 5.43. The van der Waals surface area contributed by atoms with Crippen LogP contribution in [0.15, 0.2) is 48.5 Å². The number of hydrogen-bond acceptors (Lipinski definition) is 3. The third kappa shape index (κ3) is 4.80. The first-order chi connectivity index (χ1) is 10.3. The van der Waals surface area contributed by atoms with E-state index in [1.807, 2.05) is 43.3 Å². The van der Waals surface area contributed by atoms with Crippen molar-refractivity contribution in [2.24, 2.45) is 0 Å². The molecule has 0 bridgehead atoms. The van der Waals surface area contributed by atoms with Crippen LogP contribution in [0, 0.1) is 0 Å². The lowest BCUT2D eigenvalue weighted by Crippen LogP contribution is -2.13. The first-order valence-electron chi connectivity index (χ1n) is 7.52. The van der Waals surface area contributed by atoms with Crippen LogP contribution in [0.3, 0.4) is 0 Å². The van der Waals surface area contributed by atoms with Gasteiger partial charge in [-0.1, -0.05) is 31.2 Å². The van der Waals surface area contributed by atoms with Gasteiger partial charge in [-0.05, 0) is 49.7 Å². The summed E-state index contributed by atoms with van der Waals surface area (Å²) in [5.74, 6) is 2.34. The van der Waals surface area contributed by atoms with Gasteiger partial charge in [0.25, 0.3) is 0 Å². The molecule has 0 amide bonds. The Balaban J connectivity index is 2.00. The SMILES string of the molecule is CCCNCc1ccc(Oc2ccccc2OCC)cc1. The molecule has 0 saturated carbocycles. The predicted octanol–water partition coefficient (Wildman–Crippen LogP) is 4.38. The van der Waals surface area contributed by atoms with Crippen molar-refractivity contribution in [1.29, 1.82) is 0 Å². The van der Waals surface area contributed by atoms with E-state index in [1.165, 1.54) is 5.56 Å². The third-order valence-electron chi connectivity index (χ3n) is 3.06. The summed E-state index contributed by atoms with van der Waals surface area (Å²) in [6.07, 6.45) is 1.15. The number of hydrogen-bond donors (Lipinski definition) is 1. The average Bonchev–Trinajstić information content (AvgIpc) is 2.51. The lowest BCUT2D eigenvalue weighted by molar-refractivity contribution is 0.321. The number of rotatable bonds is 8. The maximum atomic E-state index is 5.90. The summed E-state index contributed by atoms with van der Waals surface area (Å²) in [4.78, 5) is 0. The van der Waals surface area contributed by atoms with Gasteiger partial charge in [-0.3, -0.25) is 0 Å². The van der Waals surface area contributed by atoms with E-state index in [2.05, 4.69) is 24.4 Å². The van der Waals surface area contributed by atoms with Crippen LogP contribution < -0.4 is 14.8 Å². The van der Waals surface area contributed by atoms with E-state index in [-0.39, 0.29) is 0 Å². The monoisotopic (exact) mass is 285 g/mol. The normalized spacial score (nSPS) is 10.4. The van der Waals surface area contributed by atoms with E-state index in [1.54, 1.807) is 0 Å². The molecule has 0 radical (unpaired) electrons. The van der Waals surface area contributed by atoms with E-state index >= 15 is 0 Å². The smallest absolute Gasteiger partial charge is 0.169 e. The second-order valence-electron chi connectivity index (χ2n) is 4.80. The van der Waals surface area contributed by atoms with Gasteiger partial charge in [0.2, 0.25) is 0 Å². The summed E-state index contributed by atoms with van der Waals surface area (Å²) >= 11 is 0. The molecule has 0 saturated heterocycles. The van der Waals surface area contributed by atoms with Crippen molar-refractivity contribution in [2.45, 2.75) is 26.8 Å². The zero-order chi connectivity index (χ0) is 14.9. The van der Waals surface area contributed by atoms with Gasteiger partial charge in [-0.25, -0.2) is 0 Å². The van der Waals surface area contributed by atoms with Crippen LogP contribution in [0.5, 0.6) is 17.2 Å². The lowest BCUT2D eigenvalue weighted by Gasteiger charge is -2.11. The summed E-state index contributed by atoms with van der Waals surface area (Å²) < 4.78 is 11.5. The fourth-order valence-electron chi connectivity index (χ4n) is 2.02. The molecule has 2 aromatic rings. The van der Waals surface area contributed by atoms with Gasteiger partial charge in [0, 0.05) is 6.54 Å². The second kappa shape index (κ2) is 8.32. The van der Waals surface area contributed by atoms with Crippen molar-refractivity contribution in [2.75, 3.05) is 13.2 Å². The molecule has 2 aromatic carbocycles. The molecule has 21 heavy (non-hydrogen) atoms. The van der Waals surface area contributed by atoms with Gasteiger partial charge in [0.15, 0.2) is 11.5 Å². The van der Waals surface area contributed by atoms with Gasteiger partial charge < -0.3 is 14.8 Å². The van der Waals surface area contributed by atoms with Crippen molar-refractivity contribution in [1.82, 2.24) is 5.32 Å². The fourth-order valence-corrected chi connectivity index (χ4v) is 2.02. The van der Waals surface area contributed by atoms with Crippen molar-refractivity contribution >= 4 is 0 Å². The molecule has 1 N–H and O–H groups in total. The minimum Gasteiger partial charge on any atom is -0.490 e. The number of benzene rings is 2. The van der Waals surface area contributed by atoms with Crippen LogP contribution in [0.25, 0.3) is 0 Å². The van der Waals surface area contributed by atoms with Gasteiger partial charge in [0.05, 0.1) is 6.61 Å². The van der Waals surface area contributed by atoms with E-state index in [0.717, 1.165) is 36.8 Å². The van der Waals surface area contributed by atoms with Crippen molar-refractivity contribution in [3.8, 4) is 17.2 Å². The topological polar surface area (TPSA) is 30.5 Å². The summed E-state index contributed by atoms with van der Waals surface area (Å²) in [6, 6.07) is 15.9. The molecule has 3 heteroatoms. The molecule has 2 rings (SSSR count). The van der Waals surface area contributed by atoms with Crippen LogP contribution in [-0.4, -0.2) is 13.2 Å². The third-order valence-corrected chi connectivity index (χ3v) is 3.06. The molecule has 3 nitrogen and oxygen atoms in total. The molecule has 0 aliphatic rings. The van der Waals surface area contributed by atoms with Crippen molar-refractivity contribution in [3.63, 3.8) is 0 Å². The fraction of sp³-hybridized carbons (Fsp3) is 0.333. The molecule has 0 aliphatic carbocycles. The highest BCUT2D eigenvalue weighted by Gasteiger charge is 2.05. The Labute approximate surface area is 126 Å². The number of para-hydroxylation sites is 2. The van der Waals surface area contributed by atoms with Crippen LogP contribution in [-0.2, 0) is 6.54 Å². The van der Waals surface area contributed by atoms with Gasteiger partial charge in [-0.15, -0.1) is 0 Å². The highest BCUT2D eigenvalue weighted by atomic mass is 16.5. The quantitative estimate of drug-likeness (QED) is 0.730. The summed E-state index contributed by atoms with van der Waals surface area (Å²) in [6.45, 7) is 6.70.